The molecule has 0 aliphatic carbocycles. The number of carbonyl (C=O) groups is 3. The van der Waals surface area contributed by atoms with Crippen LogP contribution in [0.4, 0.5) is 0 Å². The number of hydrogen-bond acceptors (Lipinski definition) is 6. The normalized spacial score (nSPS) is 15.4. The molecular formula is C18H27ClN4O5. The smallest absolute Gasteiger partial charge is 0.245 e. The molecule has 5 N–H and O–H groups in total. The molecule has 1 atom stereocenters. The topological polar surface area (TPSA) is 136 Å². The second-order valence-electron chi connectivity index (χ2n) is 6.74. The molecule has 1 aliphatic rings. The number of nitrogens with one attached hydrogen (secondary N) is 1. The van der Waals surface area contributed by atoms with Crippen molar-refractivity contribution in [3.05, 3.63) is 23.8 Å². The molecule has 0 radical (unpaired) electrons. The van der Waals surface area contributed by atoms with E-state index in [9.17, 15) is 24.6 Å². The maximum Gasteiger partial charge on any atom is 0.245 e. The number of halogens is 1. The number of primary amides is 1. The van der Waals surface area contributed by atoms with Crippen LogP contribution >= 0.6 is 12.4 Å². The Hall–Kier alpha value is -2.52. The number of likely N-dealkylation sites (N-methyl/N-ethyl adjacent to an activating group) is 1. The van der Waals surface area contributed by atoms with Crippen LogP contribution in [0.25, 0.3) is 0 Å². The Morgan fingerprint density at radius 1 is 1.18 bits per heavy atom. The van der Waals surface area contributed by atoms with Crippen molar-refractivity contribution in [1.82, 2.24) is 15.1 Å². The van der Waals surface area contributed by atoms with E-state index in [0.29, 0.717) is 18.7 Å². The van der Waals surface area contributed by atoms with E-state index in [0.717, 1.165) is 19.2 Å². The van der Waals surface area contributed by atoms with Gasteiger partial charge in [-0.25, -0.2) is 0 Å². The summed E-state index contributed by atoms with van der Waals surface area (Å²) in [5, 5.41) is 21.8. The van der Waals surface area contributed by atoms with Crippen LogP contribution in [0.3, 0.4) is 0 Å². The molecule has 0 bridgehead atoms. The van der Waals surface area contributed by atoms with E-state index < -0.39 is 17.9 Å². The Balaban J connectivity index is 0.00000392. The molecule has 156 valence electrons. The van der Waals surface area contributed by atoms with E-state index in [1.807, 2.05) is 7.05 Å². The molecule has 9 nitrogen and oxygen atoms in total. The first-order valence-electron chi connectivity index (χ1n) is 8.82. The summed E-state index contributed by atoms with van der Waals surface area (Å²) in [4.78, 5) is 40.0. The fraction of sp³-hybridized carbons (Fsp3) is 0.500. The summed E-state index contributed by atoms with van der Waals surface area (Å²) in [5.41, 5.74) is 5.51. The zero-order chi connectivity index (χ0) is 20.0. The standard InChI is InChI=1S/C18H26N4O5.ClH/c1-21-6-8-22(9-7-21)18(27)14(4-5-16(19)25)20-17(26)10-12-2-3-13(23)11-15(12)24;/h2-3,11,14,23-24H,4-10H2,1H3,(H2,19,25)(H,20,26);1H/t14-;/m0./s1. The Morgan fingerprint density at radius 2 is 1.82 bits per heavy atom. The van der Waals surface area contributed by atoms with E-state index in [4.69, 9.17) is 5.73 Å². The summed E-state index contributed by atoms with van der Waals surface area (Å²) in [6, 6.07) is 3.09. The van der Waals surface area contributed by atoms with Crippen LogP contribution < -0.4 is 11.1 Å². The molecule has 0 saturated carbocycles. The highest BCUT2D eigenvalue weighted by Crippen LogP contribution is 2.23. The maximum atomic E-state index is 12.8. The van der Waals surface area contributed by atoms with Crippen LogP contribution in [0.1, 0.15) is 18.4 Å². The van der Waals surface area contributed by atoms with Gasteiger partial charge in [-0.15, -0.1) is 12.4 Å². The number of phenolic OH excluding ortho intramolecular Hbond substituents is 2. The second-order valence-corrected chi connectivity index (χ2v) is 6.74. The molecule has 1 saturated heterocycles. The second kappa shape index (κ2) is 10.7. The summed E-state index contributed by atoms with van der Waals surface area (Å²) in [6.45, 7) is 2.58. The van der Waals surface area contributed by atoms with Gasteiger partial charge in [-0.2, -0.15) is 0 Å². The van der Waals surface area contributed by atoms with Gasteiger partial charge in [0.05, 0.1) is 6.42 Å². The molecule has 3 amide bonds. The predicted octanol–water partition coefficient (Wildman–Crippen LogP) is -0.414. The van der Waals surface area contributed by atoms with E-state index in [-0.39, 0.29) is 49.1 Å². The van der Waals surface area contributed by atoms with Gasteiger partial charge < -0.3 is 31.1 Å². The lowest BCUT2D eigenvalue weighted by Crippen LogP contribution is -2.54. The number of aromatic hydroxyl groups is 2. The SMILES string of the molecule is CN1CCN(C(=O)[C@H](CCC(N)=O)NC(=O)Cc2ccc(O)cc2O)CC1.Cl. The molecule has 2 rings (SSSR count). The van der Waals surface area contributed by atoms with Gasteiger partial charge in [0.2, 0.25) is 17.7 Å². The summed E-state index contributed by atoms with van der Waals surface area (Å²) < 4.78 is 0. The van der Waals surface area contributed by atoms with Gasteiger partial charge in [-0.1, -0.05) is 6.07 Å². The Labute approximate surface area is 169 Å². The third kappa shape index (κ3) is 6.90. The van der Waals surface area contributed by atoms with Crippen LogP contribution in [0.15, 0.2) is 18.2 Å². The lowest BCUT2D eigenvalue weighted by atomic mass is 10.1. The number of carbonyl (C=O) groups excluding carboxylic acids is 3. The minimum absolute atomic E-state index is 0. The van der Waals surface area contributed by atoms with Gasteiger partial charge >= 0.3 is 0 Å². The molecule has 1 aromatic rings. The average Bonchev–Trinajstić information content (AvgIpc) is 2.61. The van der Waals surface area contributed by atoms with Crippen molar-refractivity contribution in [2.75, 3.05) is 33.2 Å². The predicted molar refractivity (Wildman–Crippen MR) is 105 cm³/mol. The Bertz CT molecular complexity index is 707. The van der Waals surface area contributed by atoms with Crippen molar-refractivity contribution < 1.29 is 24.6 Å². The molecule has 1 aliphatic heterocycles. The van der Waals surface area contributed by atoms with Crippen LogP contribution in [-0.2, 0) is 20.8 Å². The van der Waals surface area contributed by atoms with Crippen LogP contribution in [-0.4, -0.2) is 77.0 Å². The zero-order valence-electron chi connectivity index (χ0n) is 15.8. The van der Waals surface area contributed by atoms with Crippen molar-refractivity contribution in [3.63, 3.8) is 0 Å². The third-order valence-electron chi connectivity index (χ3n) is 4.55. The summed E-state index contributed by atoms with van der Waals surface area (Å²) in [7, 11) is 1.97. The molecule has 1 aromatic carbocycles. The maximum absolute atomic E-state index is 12.8. The summed E-state index contributed by atoms with van der Waals surface area (Å²) in [6.07, 6.45) is -0.0576. The highest BCUT2D eigenvalue weighted by Gasteiger charge is 2.28. The molecule has 1 heterocycles. The van der Waals surface area contributed by atoms with Gasteiger partial charge in [0.25, 0.3) is 0 Å². The van der Waals surface area contributed by atoms with Crippen molar-refractivity contribution in [3.8, 4) is 11.5 Å². The average molecular weight is 415 g/mol. The number of nitrogens with zero attached hydrogens (tertiary/aromatic N) is 2. The zero-order valence-corrected chi connectivity index (χ0v) is 16.6. The van der Waals surface area contributed by atoms with Crippen LogP contribution in [0.5, 0.6) is 11.5 Å². The first-order chi connectivity index (χ1) is 12.8. The lowest BCUT2D eigenvalue weighted by molar-refractivity contribution is -0.138. The first kappa shape index (κ1) is 23.5. The van der Waals surface area contributed by atoms with Gasteiger partial charge in [0, 0.05) is 44.2 Å². The van der Waals surface area contributed by atoms with Crippen molar-refractivity contribution >= 4 is 30.1 Å². The number of amides is 3. The lowest BCUT2D eigenvalue weighted by Gasteiger charge is -2.34. The molecule has 0 spiro atoms. The number of nitrogens with two attached hydrogens (primary N) is 1. The minimum Gasteiger partial charge on any atom is -0.508 e. The van der Waals surface area contributed by atoms with Gasteiger partial charge in [0.15, 0.2) is 0 Å². The molecule has 1 fully saturated rings. The van der Waals surface area contributed by atoms with E-state index >= 15 is 0 Å². The molecule has 10 heteroatoms. The fourth-order valence-corrected chi connectivity index (χ4v) is 2.91. The van der Waals surface area contributed by atoms with E-state index in [1.165, 1.54) is 12.1 Å². The molecule has 28 heavy (non-hydrogen) atoms. The van der Waals surface area contributed by atoms with Gasteiger partial charge in [0.1, 0.15) is 17.5 Å². The van der Waals surface area contributed by atoms with E-state index in [2.05, 4.69) is 10.2 Å². The van der Waals surface area contributed by atoms with Crippen LogP contribution in [0, 0.1) is 0 Å². The quantitative estimate of drug-likeness (QED) is 0.478. The minimum atomic E-state index is -0.854. The Morgan fingerprint density at radius 3 is 2.39 bits per heavy atom. The number of benzene rings is 1. The molecule has 0 aromatic heterocycles. The van der Waals surface area contributed by atoms with Crippen LogP contribution in [0.2, 0.25) is 0 Å². The largest absolute Gasteiger partial charge is 0.508 e. The van der Waals surface area contributed by atoms with Crippen molar-refractivity contribution in [1.29, 1.82) is 0 Å². The highest BCUT2D eigenvalue weighted by atomic mass is 35.5. The number of rotatable bonds is 7. The fourth-order valence-electron chi connectivity index (χ4n) is 2.91. The van der Waals surface area contributed by atoms with E-state index in [1.54, 1.807) is 4.90 Å². The summed E-state index contributed by atoms with van der Waals surface area (Å²) >= 11 is 0. The molecule has 0 unspecified atom stereocenters. The Kier molecular flexibility index (Phi) is 9.01. The monoisotopic (exact) mass is 414 g/mol. The van der Waals surface area contributed by atoms with Gasteiger partial charge in [-0.05, 0) is 19.5 Å². The highest BCUT2D eigenvalue weighted by molar-refractivity contribution is 5.89. The van der Waals surface area contributed by atoms with Crippen molar-refractivity contribution in [2.24, 2.45) is 5.73 Å². The number of hydrogen-bond donors (Lipinski definition) is 4. The molecular weight excluding hydrogens is 388 g/mol. The third-order valence-corrected chi connectivity index (χ3v) is 4.55. The van der Waals surface area contributed by atoms with Gasteiger partial charge in [-0.3, -0.25) is 14.4 Å². The first-order valence-corrected chi connectivity index (χ1v) is 8.82. The van der Waals surface area contributed by atoms with Crippen molar-refractivity contribution in [2.45, 2.75) is 25.3 Å². The number of piperazine rings is 1. The number of phenols is 2. The summed E-state index contributed by atoms with van der Waals surface area (Å²) in [5.74, 6) is -1.57.